The number of nitrogens with zero attached hydrogens (tertiary/aromatic N) is 1. The molecule has 0 radical (unpaired) electrons. The smallest absolute Gasteiger partial charge is 0.0366 e. The molecule has 2 nitrogen and oxygen atoms in total. The fourth-order valence-corrected chi connectivity index (χ4v) is 2.53. The first kappa shape index (κ1) is 12.4. The number of piperidine rings is 1. The lowest BCUT2D eigenvalue weighted by Gasteiger charge is -2.36. The van der Waals surface area contributed by atoms with E-state index >= 15 is 0 Å². The lowest BCUT2D eigenvalue weighted by molar-refractivity contribution is 0.324. The van der Waals surface area contributed by atoms with Crippen LogP contribution in [0.1, 0.15) is 25.8 Å². The summed E-state index contributed by atoms with van der Waals surface area (Å²) in [6.45, 7) is 8.10. The summed E-state index contributed by atoms with van der Waals surface area (Å²) < 4.78 is 0. The molecule has 0 bridgehead atoms. The fraction of sp³-hybridized carbons (Fsp3) is 0.600. The van der Waals surface area contributed by atoms with Gasteiger partial charge in [0.1, 0.15) is 0 Å². The summed E-state index contributed by atoms with van der Waals surface area (Å²) in [7, 11) is 1.99. The van der Waals surface area contributed by atoms with E-state index in [0.29, 0.717) is 0 Å². The molecule has 94 valence electrons. The summed E-state index contributed by atoms with van der Waals surface area (Å²) in [4.78, 5) is 2.52. The Bertz CT molecular complexity index is 344. The van der Waals surface area contributed by atoms with Crippen molar-refractivity contribution in [3.8, 4) is 0 Å². The summed E-state index contributed by atoms with van der Waals surface area (Å²) in [6, 6.07) is 8.98. The van der Waals surface area contributed by atoms with Crippen molar-refractivity contribution in [3.05, 3.63) is 29.8 Å². The molecule has 0 aromatic heterocycles. The number of rotatable bonds is 3. The molecule has 1 aromatic carbocycles. The Balaban J connectivity index is 2.02. The molecule has 1 N–H and O–H groups in total. The molecule has 1 heterocycles. The van der Waals surface area contributed by atoms with Gasteiger partial charge in [0.05, 0.1) is 0 Å². The van der Waals surface area contributed by atoms with Gasteiger partial charge < -0.3 is 10.2 Å². The van der Waals surface area contributed by atoms with E-state index < -0.39 is 0 Å². The minimum atomic E-state index is 0.806. The van der Waals surface area contributed by atoms with Crippen molar-refractivity contribution in [3.63, 3.8) is 0 Å². The maximum absolute atomic E-state index is 3.18. The number of hydrogen-bond acceptors (Lipinski definition) is 2. The van der Waals surface area contributed by atoms with E-state index in [1.165, 1.54) is 30.8 Å². The third-order valence-electron chi connectivity index (χ3n) is 4.02. The molecule has 0 aliphatic carbocycles. The molecular formula is C15H24N2. The number of benzene rings is 1. The van der Waals surface area contributed by atoms with E-state index in [9.17, 15) is 0 Å². The van der Waals surface area contributed by atoms with Crippen LogP contribution < -0.4 is 10.2 Å². The van der Waals surface area contributed by atoms with Gasteiger partial charge in [-0.3, -0.25) is 0 Å². The van der Waals surface area contributed by atoms with Crippen molar-refractivity contribution in [1.82, 2.24) is 5.32 Å². The number of nitrogens with one attached hydrogen (secondary N) is 1. The Hall–Kier alpha value is -1.02. The highest BCUT2D eigenvalue weighted by Crippen LogP contribution is 2.26. The summed E-state index contributed by atoms with van der Waals surface area (Å²) in [5.41, 5.74) is 2.73. The minimum Gasteiger partial charge on any atom is -0.371 e. The summed E-state index contributed by atoms with van der Waals surface area (Å²) in [5.74, 6) is 1.68. The summed E-state index contributed by atoms with van der Waals surface area (Å²) in [6.07, 6.45) is 1.32. The topological polar surface area (TPSA) is 15.3 Å². The molecule has 2 atom stereocenters. The average molecular weight is 232 g/mol. The van der Waals surface area contributed by atoms with Gasteiger partial charge in [0.15, 0.2) is 0 Å². The molecule has 2 unspecified atom stereocenters. The van der Waals surface area contributed by atoms with Gasteiger partial charge in [0.25, 0.3) is 0 Å². The van der Waals surface area contributed by atoms with Gasteiger partial charge in [-0.05, 0) is 43.0 Å². The van der Waals surface area contributed by atoms with Crippen LogP contribution in [0.25, 0.3) is 0 Å². The van der Waals surface area contributed by atoms with Gasteiger partial charge in [-0.1, -0.05) is 26.0 Å². The Morgan fingerprint density at radius 3 is 2.47 bits per heavy atom. The maximum Gasteiger partial charge on any atom is 0.0366 e. The quantitative estimate of drug-likeness (QED) is 0.862. The van der Waals surface area contributed by atoms with Crippen LogP contribution in [0.3, 0.4) is 0 Å². The predicted molar refractivity (Wildman–Crippen MR) is 74.4 cm³/mol. The molecule has 1 fully saturated rings. The maximum atomic E-state index is 3.18. The third kappa shape index (κ3) is 3.01. The largest absolute Gasteiger partial charge is 0.371 e. The van der Waals surface area contributed by atoms with Crippen LogP contribution in [0.15, 0.2) is 24.3 Å². The predicted octanol–water partition coefficient (Wildman–Crippen LogP) is 2.89. The Morgan fingerprint density at radius 1 is 1.18 bits per heavy atom. The van der Waals surface area contributed by atoms with Crippen LogP contribution in [-0.4, -0.2) is 20.1 Å². The molecule has 1 saturated heterocycles. The Kier molecular flexibility index (Phi) is 4.06. The zero-order valence-corrected chi connectivity index (χ0v) is 11.2. The Labute approximate surface area is 105 Å². The van der Waals surface area contributed by atoms with Crippen molar-refractivity contribution >= 4 is 5.69 Å². The van der Waals surface area contributed by atoms with Crippen molar-refractivity contribution < 1.29 is 0 Å². The monoisotopic (exact) mass is 232 g/mol. The first-order valence-corrected chi connectivity index (χ1v) is 6.69. The van der Waals surface area contributed by atoms with Crippen molar-refractivity contribution in [1.29, 1.82) is 0 Å². The van der Waals surface area contributed by atoms with Gasteiger partial charge in [0, 0.05) is 25.3 Å². The van der Waals surface area contributed by atoms with E-state index in [2.05, 4.69) is 48.3 Å². The molecule has 17 heavy (non-hydrogen) atoms. The molecule has 1 aromatic rings. The molecule has 2 rings (SSSR count). The van der Waals surface area contributed by atoms with Crippen LogP contribution in [0.4, 0.5) is 5.69 Å². The van der Waals surface area contributed by atoms with E-state index in [0.717, 1.165) is 18.4 Å². The van der Waals surface area contributed by atoms with Crippen LogP contribution >= 0.6 is 0 Å². The molecule has 1 aliphatic rings. The van der Waals surface area contributed by atoms with E-state index in [4.69, 9.17) is 0 Å². The zero-order valence-electron chi connectivity index (χ0n) is 11.2. The van der Waals surface area contributed by atoms with Crippen LogP contribution in [0.2, 0.25) is 0 Å². The highest BCUT2D eigenvalue weighted by molar-refractivity contribution is 5.48. The molecular weight excluding hydrogens is 208 g/mol. The van der Waals surface area contributed by atoms with Crippen molar-refractivity contribution in [2.24, 2.45) is 11.8 Å². The van der Waals surface area contributed by atoms with Gasteiger partial charge in [0.2, 0.25) is 0 Å². The fourth-order valence-electron chi connectivity index (χ4n) is 2.53. The first-order valence-electron chi connectivity index (χ1n) is 6.69. The minimum absolute atomic E-state index is 0.806. The lowest BCUT2D eigenvalue weighted by atomic mass is 9.88. The van der Waals surface area contributed by atoms with Crippen molar-refractivity contribution in [2.75, 3.05) is 25.0 Å². The van der Waals surface area contributed by atoms with E-state index in [-0.39, 0.29) is 0 Å². The molecule has 0 amide bonds. The Morgan fingerprint density at radius 2 is 1.88 bits per heavy atom. The van der Waals surface area contributed by atoms with Crippen LogP contribution in [0.5, 0.6) is 0 Å². The number of anilines is 1. The highest BCUT2D eigenvalue weighted by atomic mass is 15.1. The summed E-state index contributed by atoms with van der Waals surface area (Å²) >= 11 is 0. The first-order chi connectivity index (χ1) is 8.20. The summed E-state index contributed by atoms with van der Waals surface area (Å²) in [5, 5.41) is 3.18. The van der Waals surface area contributed by atoms with E-state index in [1.807, 2.05) is 7.05 Å². The van der Waals surface area contributed by atoms with Crippen LogP contribution in [-0.2, 0) is 6.54 Å². The molecule has 0 spiro atoms. The van der Waals surface area contributed by atoms with Gasteiger partial charge in [-0.2, -0.15) is 0 Å². The second-order valence-electron chi connectivity index (χ2n) is 5.39. The average Bonchev–Trinajstić information content (AvgIpc) is 2.34. The van der Waals surface area contributed by atoms with Gasteiger partial charge in [-0.25, -0.2) is 0 Å². The zero-order chi connectivity index (χ0) is 12.3. The third-order valence-corrected chi connectivity index (χ3v) is 4.02. The second-order valence-corrected chi connectivity index (χ2v) is 5.39. The number of hydrogen-bond donors (Lipinski definition) is 1. The standard InChI is InChI=1S/C15H24N2/c1-12-8-9-17(11-13(12)2)15-6-4-14(5-7-15)10-16-3/h4-7,12-13,16H,8-11H2,1-3H3. The molecule has 1 aliphatic heterocycles. The van der Waals surface area contributed by atoms with Gasteiger partial charge in [-0.15, -0.1) is 0 Å². The molecule has 2 heteroatoms. The highest BCUT2D eigenvalue weighted by Gasteiger charge is 2.22. The normalized spacial score (nSPS) is 25.0. The van der Waals surface area contributed by atoms with Gasteiger partial charge >= 0.3 is 0 Å². The van der Waals surface area contributed by atoms with Crippen molar-refractivity contribution in [2.45, 2.75) is 26.8 Å². The molecule has 0 saturated carbocycles. The van der Waals surface area contributed by atoms with Crippen LogP contribution in [0, 0.1) is 11.8 Å². The SMILES string of the molecule is CNCc1ccc(N2CCC(C)C(C)C2)cc1. The second kappa shape index (κ2) is 5.54. The lowest BCUT2D eigenvalue weighted by Crippen LogP contribution is -2.38. The van der Waals surface area contributed by atoms with E-state index in [1.54, 1.807) is 0 Å².